The first-order chi connectivity index (χ1) is 14.7. The van der Waals surface area contributed by atoms with Crippen molar-refractivity contribution in [2.75, 3.05) is 18.0 Å². The molecule has 0 bridgehead atoms. The summed E-state index contributed by atoms with van der Waals surface area (Å²) in [6.07, 6.45) is -0.132. The number of ether oxygens (including phenoxy) is 1. The van der Waals surface area contributed by atoms with Crippen LogP contribution in [0.1, 0.15) is 44.9 Å². The maximum absolute atomic E-state index is 12.1. The molecule has 2 aromatic carbocycles. The number of carbonyl (C=O) groups is 1. The second-order valence-electron chi connectivity index (χ2n) is 8.22. The molecule has 3 rings (SSSR count). The summed E-state index contributed by atoms with van der Waals surface area (Å²) in [5.74, 6) is 0.0410. The maximum Gasteiger partial charge on any atom is 0.296 e. The van der Waals surface area contributed by atoms with E-state index in [9.17, 15) is 20.0 Å². The molecule has 0 saturated heterocycles. The fourth-order valence-corrected chi connectivity index (χ4v) is 3.98. The van der Waals surface area contributed by atoms with E-state index in [1.807, 2.05) is 30.3 Å². The number of benzene rings is 2. The quantitative estimate of drug-likeness (QED) is 0.519. The Morgan fingerprint density at radius 3 is 2.55 bits per heavy atom. The van der Waals surface area contributed by atoms with Gasteiger partial charge in [-0.3, -0.25) is 14.9 Å². The minimum absolute atomic E-state index is 0.198. The van der Waals surface area contributed by atoms with E-state index in [-0.39, 0.29) is 23.8 Å². The van der Waals surface area contributed by atoms with E-state index in [0.717, 1.165) is 12.0 Å². The Labute approximate surface area is 182 Å². The van der Waals surface area contributed by atoms with Crippen molar-refractivity contribution in [1.82, 2.24) is 5.32 Å². The molecule has 0 aliphatic carbocycles. The van der Waals surface area contributed by atoms with Crippen molar-refractivity contribution in [3.05, 3.63) is 63.7 Å². The smallest absolute Gasteiger partial charge is 0.296 e. The molecular weight excluding hydrogens is 398 g/mol. The Balaban J connectivity index is 2.00. The van der Waals surface area contributed by atoms with Gasteiger partial charge in [0, 0.05) is 19.0 Å². The van der Waals surface area contributed by atoms with Crippen molar-refractivity contribution < 1.29 is 19.6 Å². The molecular formula is C23H29N3O5. The van der Waals surface area contributed by atoms with Gasteiger partial charge in [0.25, 0.3) is 5.69 Å². The number of nitrogens with one attached hydrogen (secondary N) is 1. The molecule has 1 aliphatic heterocycles. The highest BCUT2D eigenvalue weighted by Gasteiger charge is 2.44. The number of nitrogens with zero attached hydrogens (tertiary/aromatic N) is 2. The van der Waals surface area contributed by atoms with Crippen LogP contribution in [0.2, 0.25) is 0 Å². The highest BCUT2D eigenvalue weighted by molar-refractivity contribution is 5.94. The molecule has 8 nitrogen and oxygen atoms in total. The Kier molecular flexibility index (Phi) is 6.62. The molecule has 0 aromatic heterocycles. The molecule has 0 unspecified atom stereocenters. The molecule has 0 spiro atoms. The van der Waals surface area contributed by atoms with Crippen LogP contribution in [-0.2, 0) is 11.2 Å². The Morgan fingerprint density at radius 2 is 1.97 bits per heavy atom. The molecule has 2 aromatic rings. The molecule has 0 fully saturated rings. The molecule has 0 radical (unpaired) electrons. The number of nitro groups is 1. The van der Waals surface area contributed by atoms with E-state index < -0.39 is 22.7 Å². The molecule has 1 amide bonds. The normalized spacial score (nSPS) is 19.3. The van der Waals surface area contributed by atoms with Crippen molar-refractivity contribution in [2.24, 2.45) is 0 Å². The number of anilines is 1. The number of aliphatic hydroxyl groups excluding tert-OH is 1. The van der Waals surface area contributed by atoms with Crippen LogP contribution in [0.3, 0.4) is 0 Å². The van der Waals surface area contributed by atoms with Gasteiger partial charge in [-0.2, -0.15) is 0 Å². The minimum atomic E-state index is -0.947. The van der Waals surface area contributed by atoms with Crippen LogP contribution in [0.25, 0.3) is 0 Å². The predicted molar refractivity (Wildman–Crippen MR) is 118 cm³/mol. The third kappa shape index (κ3) is 4.70. The highest BCUT2D eigenvalue weighted by Crippen LogP contribution is 2.45. The van der Waals surface area contributed by atoms with Crippen LogP contribution >= 0.6 is 0 Å². The minimum Gasteiger partial charge on any atom is -0.484 e. The van der Waals surface area contributed by atoms with Gasteiger partial charge >= 0.3 is 0 Å². The number of aliphatic hydroxyl groups is 1. The van der Waals surface area contributed by atoms with Gasteiger partial charge in [0.2, 0.25) is 5.91 Å². The molecule has 1 aliphatic rings. The van der Waals surface area contributed by atoms with E-state index in [0.29, 0.717) is 17.9 Å². The molecule has 1 heterocycles. The van der Waals surface area contributed by atoms with Crippen LogP contribution in [-0.4, -0.2) is 40.7 Å². The van der Waals surface area contributed by atoms with E-state index in [1.165, 1.54) is 17.9 Å². The second kappa shape index (κ2) is 9.03. The summed E-state index contributed by atoms with van der Waals surface area (Å²) in [6, 6.07) is 12.4. The summed E-state index contributed by atoms with van der Waals surface area (Å²) in [5.41, 5.74) is 0.808. The second-order valence-corrected chi connectivity index (χ2v) is 8.22. The van der Waals surface area contributed by atoms with Crippen LogP contribution in [0.15, 0.2) is 42.5 Å². The number of carbonyl (C=O) groups excluding carboxylic acids is 1. The third-order valence-electron chi connectivity index (χ3n) is 5.65. The van der Waals surface area contributed by atoms with E-state index in [2.05, 4.69) is 5.32 Å². The van der Waals surface area contributed by atoms with Crippen LogP contribution < -0.4 is 15.0 Å². The van der Waals surface area contributed by atoms with Crippen molar-refractivity contribution >= 4 is 17.3 Å². The summed E-state index contributed by atoms with van der Waals surface area (Å²) < 4.78 is 5.95. The highest BCUT2D eigenvalue weighted by atomic mass is 16.6. The molecule has 31 heavy (non-hydrogen) atoms. The fourth-order valence-electron chi connectivity index (χ4n) is 3.98. The molecule has 166 valence electrons. The van der Waals surface area contributed by atoms with Gasteiger partial charge in [-0.15, -0.1) is 0 Å². The van der Waals surface area contributed by atoms with Gasteiger partial charge in [0.1, 0.15) is 23.1 Å². The number of hydrogen-bond acceptors (Lipinski definition) is 6. The average Bonchev–Trinajstić information content (AvgIpc) is 2.71. The van der Waals surface area contributed by atoms with E-state index in [1.54, 1.807) is 26.8 Å². The fraction of sp³-hybridized carbons (Fsp3) is 0.435. The SMILES string of the molecule is CCN(C(C)=O)c1cc2c(cc1[N+](=O)[O-])OC(C)(C)[C@H](O)[C@H]2NCCc1ccccc1. The van der Waals surface area contributed by atoms with Gasteiger partial charge in [0.05, 0.1) is 17.0 Å². The van der Waals surface area contributed by atoms with Crippen LogP contribution in [0, 0.1) is 10.1 Å². The van der Waals surface area contributed by atoms with E-state index in [4.69, 9.17) is 4.74 Å². The van der Waals surface area contributed by atoms with Crippen molar-refractivity contribution in [1.29, 1.82) is 0 Å². The topological polar surface area (TPSA) is 105 Å². The first-order valence-corrected chi connectivity index (χ1v) is 10.4. The monoisotopic (exact) mass is 427 g/mol. The molecule has 8 heteroatoms. The predicted octanol–water partition coefficient (Wildman–Crippen LogP) is 3.37. The summed E-state index contributed by atoms with van der Waals surface area (Å²) in [5, 5.41) is 26.1. The summed E-state index contributed by atoms with van der Waals surface area (Å²) in [4.78, 5) is 24.7. The lowest BCUT2D eigenvalue weighted by Crippen LogP contribution is -2.52. The first kappa shape index (κ1) is 22.7. The van der Waals surface area contributed by atoms with Gasteiger partial charge in [0.15, 0.2) is 0 Å². The number of amides is 1. The van der Waals surface area contributed by atoms with E-state index >= 15 is 0 Å². The summed E-state index contributed by atoms with van der Waals surface area (Å²) >= 11 is 0. The number of hydrogen-bond donors (Lipinski definition) is 2. The first-order valence-electron chi connectivity index (χ1n) is 10.4. The summed E-state index contributed by atoms with van der Waals surface area (Å²) in [7, 11) is 0. The number of nitro benzene ring substituents is 1. The zero-order valence-electron chi connectivity index (χ0n) is 18.3. The third-order valence-corrected chi connectivity index (χ3v) is 5.65. The zero-order valence-corrected chi connectivity index (χ0v) is 18.3. The zero-order chi connectivity index (χ0) is 22.8. The molecule has 2 N–H and O–H groups in total. The van der Waals surface area contributed by atoms with Crippen LogP contribution in [0.5, 0.6) is 5.75 Å². The van der Waals surface area contributed by atoms with Crippen LogP contribution in [0.4, 0.5) is 11.4 Å². The van der Waals surface area contributed by atoms with Gasteiger partial charge in [-0.1, -0.05) is 30.3 Å². The Morgan fingerprint density at radius 1 is 1.29 bits per heavy atom. The Hall–Kier alpha value is -2.97. The number of fused-ring (bicyclic) bond motifs is 1. The molecule has 0 saturated carbocycles. The summed E-state index contributed by atoms with van der Waals surface area (Å²) in [6.45, 7) is 7.51. The lowest BCUT2D eigenvalue weighted by molar-refractivity contribution is -0.384. The lowest BCUT2D eigenvalue weighted by Gasteiger charge is -2.42. The van der Waals surface area contributed by atoms with Crippen molar-refractivity contribution in [3.8, 4) is 5.75 Å². The largest absolute Gasteiger partial charge is 0.484 e. The van der Waals surface area contributed by atoms with Gasteiger partial charge < -0.3 is 20.1 Å². The van der Waals surface area contributed by atoms with Crippen molar-refractivity contribution in [3.63, 3.8) is 0 Å². The standard InChI is InChI=1S/C23H29N3O5/c1-5-25(15(2)27)18-13-17-20(14-19(18)26(29)30)31-23(3,4)22(28)21(17)24-12-11-16-9-7-6-8-10-16/h6-10,13-14,21-22,24,28H,5,11-12H2,1-4H3/t21-,22+/m0/s1. The van der Waals surface area contributed by atoms with Gasteiger partial charge in [-0.25, -0.2) is 0 Å². The molecule has 2 atom stereocenters. The van der Waals surface area contributed by atoms with Gasteiger partial charge in [-0.05, 0) is 45.4 Å². The number of rotatable bonds is 7. The Bertz CT molecular complexity index is 961. The maximum atomic E-state index is 12.1. The lowest BCUT2D eigenvalue weighted by atomic mass is 9.86. The van der Waals surface area contributed by atoms with Crippen molar-refractivity contribution in [2.45, 2.75) is 51.9 Å². The average molecular weight is 428 g/mol.